The third-order valence-corrected chi connectivity index (χ3v) is 5.91. The van der Waals surface area contributed by atoms with Gasteiger partial charge in [0, 0.05) is 17.1 Å². The molecule has 23 heavy (non-hydrogen) atoms. The first kappa shape index (κ1) is 14.6. The molecule has 0 atom stereocenters. The SMILES string of the molecule is Cc1nc(-c2cccs2)c(CC(=O)N2CCc3ccccc32)s1. The minimum Gasteiger partial charge on any atom is -0.312 e. The molecule has 0 spiro atoms. The summed E-state index contributed by atoms with van der Waals surface area (Å²) in [5.74, 6) is 0.163. The van der Waals surface area contributed by atoms with Crippen LogP contribution in [-0.2, 0) is 17.6 Å². The van der Waals surface area contributed by atoms with Crippen molar-refractivity contribution in [2.24, 2.45) is 0 Å². The Morgan fingerprint density at radius 2 is 2.13 bits per heavy atom. The first-order chi connectivity index (χ1) is 11.2. The van der Waals surface area contributed by atoms with Crippen molar-refractivity contribution in [2.75, 3.05) is 11.4 Å². The van der Waals surface area contributed by atoms with E-state index < -0.39 is 0 Å². The molecule has 1 aliphatic heterocycles. The quantitative estimate of drug-likeness (QED) is 0.712. The van der Waals surface area contributed by atoms with E-state index in [1.54, 1.807) is 22.7 Å². The Balaban J connectivity index is 1.61. The summed E-state index contributed by atoms with van der Waals surface area (Å²) in [5, 5.41) is 3.06. The van der Waals surface area contributed by atoms with Crippen molar-refractivity contribution in [1.82, 2.24) is 4.98 Å². The number of thiophene rings is 1. The van der Waals surface area contributed by atoms with E-state index in [0.717, 1.165) is 39.1 Å². The molecule has 1 amide bonds. The molecule has 4 rings (SSSR count). The highest BCUT2D eigenvalue weighted by atomic mass is 32.1. The van der Waals surface area contributed by atoms with Gasteiger partial charge in [-0.2, -0.15) is 0 Å². The molecular formula is C18H16N2OS2. The number of carbonyl (C=O) groups is 1. The Morgan fingerprint density at radius 1 is 1.26 bits per heavy atom. The second-order valence-corrected chi connectivity index (χ2v) is 7.82. The van der Waals surface area contributed by atoms with Gasteiger partial charge in [0.15, 0.2) is 0 Å². The number of para-hydroxylation sites is 1. The second-order valence-electron chi connectivity index (χ2n) is 5.58. The van der Waals surface area contributed by atoms with Gasteiger partial charge in [-0.05, 0) is 36.4 Å². The number of carbonyl (C=O) groups excluding carboxylic acids is 1. The Labute approximate surface area is 143 Å². The molecule has 5 heteroatoms. The Kier molecular flexibility index (Phi) is 3.75. The maximum Gasteiger partial charge on any atom is 0.232 e. The molecule has 1 aromatic carbocycles. The van der Waals surface area contributed by atoms with Crippen LogP contribution in [0.2, 0.25) is 0 Å². The maximum atomic E-state index is 12.8. The van der Waals surface area contributed by atoms with E-state index in [0.29, 0.717) is 6.42 Å². The minimum absolute atomic E-state index is 0.163. The summed E-state index contributed by atoms with van der Waals surface area (Å²) in [4.78, 5) is 21.6. The Morgan fingerprint density at radius 3 is 2.96 bits per heavy atom. The van der Waals surface area contributed by atoms with Crippen molar-refractivity contribution in [1.29, 1.82) is 0 Å². The van der Waals surface area contributed by atoms with Crippen LogP contribution in [0.1, 0.15) is 15.4 Å². The number of nitrogens with zero attached hydrogens (tertiary/aromatic N) is 2. The summed E-state index contributed by atoms with van der Waals surface area (Å²) < 4.78 is 0. The summed E-state index contributed by atoms with van der Waals surface area (Å²) in [7, 11) is 0. The number of thiazole rings is 1. The topological polar surface area (TPSA) is 33.2 Å². The van der Waals surface area contributed by atoms with Crippen molar-refractivity contribution in [2.45, 2.75) is 19.8 Å². The lowest BCUT2D eigenvalue weighted by Gasteiger charge is -2.17. The van der Waals surface area contributed by atoms with E-state index in [1.165, 1.54) is 5.56 Å². The van der Waals surface area contributed by atoms with Gasteiger partial charge < -0.3 is 4.90 Å². The first-order valence-corrected chi connectivity index (χ1v) is 9.30. The number of aryl methyl sites for hydroxylation is 1. The lowest BCUT2D eigenvalue weighted by atomic mass is 10.2. The number of fused-ring (bicyclic) bond motifs is 1. The molecule has 2 aromatic heterocycles. The zero-order valence-corrected chi connectivity index (χ0v) is 14.4. The molecule has 0 unspecified atom stereocenters. The summed E-state index contributed by atoms with van der Waals surface area (Å²) in [6, 6.07) is 12.3. The molecular weight excluding hydrogens is 324 g/mol. The number of benzene rings is 1. The lowest BCUT2D eigenvalue weighted by molar-refractivity contribution is -0.117. The fourth-order valence-electron chi connectivity index (χ4n) is 3.02. The van der Waals surface area contributed by atoms with Crippen molar-refractivity contribution in [3.8, 4) is 10.6 Å². The van der Waals surface area contributed by atoms with Crippen LogP contribution in [0, 0.1) is 6.92 Å². The van der Waals surface area contributed by atoms with E-state index in [1.807, 2.05) is 41.5 Å². The van der Waals surface area contributed by atoms with Gasteiger partial charge in [0.25, 0.3) is 0 Å². The first-order valence-electron chi connectivity index (χ1n) is 7.61. The lowest BCUT2D eigenvalue weighted by Crippen LogP contribution is -2.30. The molecule has 0 N–H and O–H groups in total. The van der Waals surface area contributed by atoms with Gasteiger partial charge in [0.05, 0.1) is 22.0 Å². The summed E-state index contributed by atoms with van der Waals surface area (Å²) in [5.41, 5.74) is 3.31. The summed E-state index contributed by atoms with van der Waals surface area (Å²) in [6.45, 7) is 2.78. The number of amides is 1. The molecule has 3 heterocycles. The van der Waals surface area contributed by atoms with E-state index in [4.69, 9.17) is 0 Å². The van der Waals surface area contributed by atoms with Gasteiger partial charge in [-0.25, -0.2) is 4.98 Å². The minimum atomic E-state index is 0.163. The molecule has 3 aromatic rings. The highest BCUT2D eigenvalue weighted by molar-refractivity contribution is 7.15. The van der Waals surface area contributed by atoms with Crippen LogP contribution in [-0.4, -0.2) is 17.4 Å². The smallest absolute Gasteiger partial charge is 0.232 e. The van der Waals surface area contributed by atoms with Crippen molar-refractivity contribution < 1.29 is 4.79 Å². The van der Waals surface area contributed by atoms with Crippen LogP contribution in [0.5, 0.6) is 0 Å². The average molecular weight is 340 g/mol. The van der Waals surface area contributed by atoms with Crippen molar-refractivity contribution in [3.05, 3.63) is 57.2 Å². The molecule has 1 aliphatic rings. The number of aromatic nitrogens is 1. The number of anilines is 1. The van der Waals surface area contributed by atoms with Crippen LogP contribution in [0.4, 0.5) is 5.69 Å². The van der Waals surface area contributed by atoms with Gasteiger partial charge >= 0.3 is 0 Å². The van der Waals surface area contributed by atoms with Crippen LogP contribution in [0.15, 0.2) is 41.8 Å². The maximum absolute atomic E-state index is 12.8. The monoisotopic (exact) mass is 340 g/mol. The van der Waals surface area contributed by atoms with Crippen LogP contribution >= 0.6 is 22.7 Å². The Hall–Kier alpha value is -1.98. The third-order valence-electron chi connectivity index (χ3n) is 4.06. The second kappa shape index (κ2) is 5.91. The fraction of sp³-hybridized carbons (Fsp3) is 0.222. The summed E-state index contributed by atoms with van der Waals surface area (Å²) >= 11 is 3.30. The van der Waals surface area contributed by atoms with Crippen LogP contribution in [0.25, 0.3) is 10.6 Å². The van der Waals surface area contributed by atoms with E-state index in [2.05, 4.69) is 17.1 Å². The molecule has 0 bridgehead atoms. The molecule has 0 fully saturated rings. The molecule has 0 saturated heterocycles. The standard InChI is InChI=1S/C18H16N2OS2/c1-12-19-18(15-7-4-10-22-15)16(23-12)11-17(21)20-9-8-13-5-2-3-6-14(13)20/h2-7,10H,8-9,11H2,1H3. The van der Waals surface area contributed by atoms with E-state index >= 15 is 0 Å². The fourth-order valence-corrected chi connectivity index (χ4v) is 4.77. The molecule has 116 valence electrons. The average Bonchev–Trinajstić information content (AvgIpc) is 3.25. The molecule has 3 nitrogen and oxygen atoms in total. The van der Waals surface area contributed by atoms with Crippen molar-refractivity contribution >= 4 is 34.3 Å². The van der Waals surface area contributed by atoms with Gasteiger partial charge in [-0.3, -0.25) is 4.79 Å². The van der Waals surface area contributed by atoms with Gasteiger partial charge in [-0.1, -0.05) is 24.3 Å². The molecule has 0 radical (unpaired) electrons. The van der Waals surface area contributed by atoms with E-state index in [-0.39, 0.29) is 5.91 Å². The van der Waals surface area contributed by atoms with E-state index in [9.17, 15) is 4.79 Å². The van der Waals surface area contributed by atoms with Crippen molar-refractivity contribution in [3.63, 3.8) is 0 Å². The molecule has 0 saturated carbocycles. The highest BCUT2D eigenvalue weighted by Gasteiger charge is 2.25. The highest BCUT2D eigenvalue weighted by Crippen LogP contribution is 2.33. The third kappa shape index (κ3) is 2.71. The van der Waals surface area contributed by atoms with Gasteiger partial charge in [0.2, 0.25) is 5.91 Å². The zero-order valence-electron chi connectivity index (χ0n) is 12.8. The summed E-state index contributed by atoms with van der Waals surface area (Å²) in [6.07, 6.45) is 1.37. The van der Waals surface area contributed by atoms with Crippen LogP contribution < -0.4 is 4.90 Å². The molecule has 0 aliphatic carbocycles. The predicted octanol–water partition coefficient (Wildman–Crippen LogP) is 4.31. The normalized spacial score (nSPS) is 13.3. The van der Waals surface area contributed by atoms with Gasteiger partial charge in [-0.15, -0.1) is 22.7 Å². The zero-order chi connectivity index (χ0) is 15.8. The van der Waals surface area contributed by atoms with Gasteiger partial charge in [0.1, 0.15) is 0 Å². The van der Waals surface area contributed by atoms with Crippen LogP contribution in [0.3, 0.4) is 0 Å². The Bertz CT molecular complexity index is 852. The number of hydrogen-bond donors (Lipinski definition) is 0. The largest absolute Gasteiger partial charge is 0.312 e. The number of hydrogen-bond acceptors (Lipinski definition) is 4. The predicted molar refractivity (Wildman–Crippen MR) is 96.4 cm³/mol. The number of rotatable bonds is 3.